The molecule has 2 aromatic heterocycles. The van der Waals surface area contributed by atoms with Gasteiger partial charge in [-0.2, -0.15) is 10.2 Å². The molecule has 18 heavy (non-hydrogen) atoms. The van der Waals surface area contributed by atoms with Gasteiger partial charge in [-0.15, -0.1) is 0 Å². The average molecular weight is 247 g/mol. The van der Waals surface area contributed by atoms with Crippen LogP contribution in [-0.2, 0) is 19.6 Å². The van der Waals surface area contributed by atoms with Crippen LogP contribution in [0.1, 0.15) is 31.7 Å². The standard InChI is InChI=1S/C13H21N5/c1-4-8-17-10-13(11(3)16-17)14-9-12-6-7-15-18(12)5-2/h6-7,10,14H,4-5,8-9H2,1-3H3. The normalized spacial score (nSPS) is 10.8. The predicted molar refractivity (Wildman–Crippen MR) is 72.5 cm³/mol. The number of nitrogens with one attached hydrogen (secondary N) is 1. The van der Waals surface area contributed by atoms with Crippen molar-refractivity contribution in [3.8, 4) is 0 Å². The molecule has 0 fully saturated rings. The van der Waals surface area contributed by atoms with Crippen molar-refractivity contribution >= 4 is 5.69 Å². The summed E-state index contributed by atoms with van der Waals surface area (Å²) < 4.78 is 3.99. The molecule has 5 heteroatoms. The van der Waals surface area contributed by atoms with Crippen LogP contribution in [0.5, 0.6) is 0 Å². The maximum atomic E-state index is 4.47. The molecule has 2 aromatic rings. The van der Waals surface area contributed by atoms with Crippen molar-refractivity contribution in [2.45, 2.75) is 46.8 Å². The van der Waals surface area contributed by atoms with Crippen LogP contribution >= 0.6 is 0 Å². The van der Waals surface area contributed by atoms with Crippen LogP contribution in [0.25, 0.3) is 0 Å². The molecule has 5 nitrogen and oxygen atoms in total. The van der Waals surface area contributed by atoms with E-state index in [4.69, 9.17) is 0 Å². The molecule has 0 spiro atoms. The Morgan fingerprint density at radius 2 is 2.17 bits per heavy atom. The number of aryl methyl sites for hydroxylation is 3. The molecule has 2 rings (SSSR count). The van der Waals surface area contributed by atoms with E-state index in [1.807, 2.05) is 28.6 Å². The molecule has 1 N–H and O–H groups in total. The Kier molecular flexibility index (Phi) is 4.02. The third-order valence-electron chi connectivity index (χ3n) is 2.96. The fraction of sp³-hybridized carbons (Fsp3) is 0.538. The van der Waals surface area contributed by atoms with Crippen molar-refractivity contribution in [3.63, 3.8) is 0 Å². The van der Waals surface area contributed by atoms with Gasteiger partial charge in [-0.3, -0.25) is 9.36 Å². The molecule has 98 valence electrons. The molecule has 0 aliphatic carbocycles. The molecule has 0 saturated heterocycles. The number of hydrogen-bond donors (Lipinski definition) is 1. The number of aromatic nitrogens is 4. The highest BCUT2D eigenvalue weighted by Crippen LogP contribution is 2.14. The van der Waals surface area contributed by atoms with Crippen LogP contribution in [0.15, 0.2) is 18.5 Å². The second kappa shape index (κ2) is 5.71. The first-order valence-corrected chi connectivity index (χ1v) is 6.53. The van der Waals surface area contributed by atoms with Gasteiger partial charge in [-0.1, -0.05) is 6.92 Å². The lowest BCUT2D eigenvalue weighted by Crippen LogP contribution is -2.07. The van der Waals surface area contributed by atoms with E-state index in [9.17, 15) is 0 Å². The number of rotatable bonds is 6. The minimum atomic E-state index is 0.784. The van der Waals surface area contributed by atoms with Crippen LogP contribution in [0.3, 0.4) is 0 Å². The van der Waals surface area contributed by atoms with Gasteiger partial charge in [0.15, 0.2) is 0 Å². The molecular weight excluding hydrogens is 226 g/mol. The van der Waals surface area contributed by atoms with Crippen LogP contribution in [-0.4, -0.2) is 19.6 Å². The van der Waals surface area contributed by atoms with Gasteiger partial charge in [0.2, 0.25) is 0 Å². The number of anilines is 1. The van der Waals surface area contributed by atoms with Gasteiger partial charge in [-0.25, -0.2) is 0 Å². The van der Waals surface area contributed by atoms with Crippen LogP contribution in [0, 0.1) is 6.92 Å². The maximum Gasteiger partial charge on any atom is 0.0825 e. The Bertz CT molecular complexity index is 497. The van der Waals surface area contributed by atoms with Crippen molar-refractivity contribution in [3.05, 3.63) is 29.8 Å². The van der Waals surface area contributed by atoms with Crippen molar-refractivity contribution in [1.29, 1.82) is 0 Å². The SMILES string of the molecule is CCCn1cc(NCc2ccnn2CC)c(C)n1. The maximum absolute atomic E-state index is 4.47. The Balaban J connectivity index is 2.01. The molecule has 0 saturated carbocycles. The lowest BCUT2D eigenvalue weighted by atomic mass is 10.3. The minimum absolute atomic E-state index is 0.784. The topological polar surface area (TPSA) is 47.7 Å². The van der Waals surface area contributed by atoms with Crippen molar-refractivity contribution in [1.82, 2.24) is 19.6 Å². The average Bonchev–Trinajstić information content (AvgIpc) is 2.93. The lowest BCUT2D eigenvalue weighted by Gasteiger charge is -2.06. The summed E-state index contributed by atoms with van der Waals surface area (Å²) >= 11 is 0. The van der Waals surface area contributed by atoms with E-state index in [0.29, 0.717) is 0 Å². The Labute approximate surface area is 108 Å². The van der Waals surface area contributed by atoms with Gasteiger partial charge in [0, 0.05) is 25.5 Å². The highest BCUT2D eigenvalue weighted by molar-refractivity contribution is 5.45. The fourth-order valence-electron chi connectivity index (χ4n) is 2.02. The van der Waals surface area contributed by atoms with Gasteiger partial charge in [0.25, 0.3) is 0 Å². The van der Waals surface area contributed by atoms with Crippen molar-refractivity contribution in [2.75, 3.05) is 5.32 Å². The fourth-order valence-corrected chi connectivity index (χ4v) is 2.02. The summed E-state index contributed by atoms with van der Waals surface area (Å²) in [5.41, 5.74) is 3.35. The molecule has 0 aromatic carbocycles. The Morgan fingerprint density at radius 3 is 2.89 bits per heavy atom. The first kappa shape index (κ1) is 12.7. The second-order valence-corrected chi connectivity index (χ2v) is 4.38. The molecule has 0 bridgehead atoms. The lowest BCUT2D eigenvalue weighted by molar-refractivity contribution is 0.598. The predicted octanol–water partition coefficient (Wildman–Crippen LogP) is 2.43. The van der Waals surface area contributed by atoms with Gasteiger partial charge < -0.3 is 5.32 Å². The zero-order valence-corrected chi connectivity index (χ0v) is 11.3. The highest BCUT2D eigenvalue weighted by Gasteiger charge is 2.05. The zero-order valence-electron chi connectivity index (χ0n) is 11.3. The Hall–Kier alpha value is -1.78. The van der Waals surface area contributed by atoms with E-state index in [-0.39, 0.29) is 0 Å². The van der Waals surface area contributed by atoms with Crippen LogP contribution in [0.2, 0.25) is 0 Å². The van der Waals surface area contributed by atoms with Crippen LogP contribution in [0.4, 0.5) is 5.69 Å². The first-order chi connectivity index (χ1) is 8.74. The van der Waals surface area contributed by atoms with Gasteiger partial charge in [0.1, 0.15) is 0 Å². The molecule has 2 heterocycles. The van der Waals surface area contributed by atoms with Gasteiger partial charge in [-0.05, 0) is 26.3 Å². The van der Waals surface area contributed by atoms with E-state index < -0.39 is 0 Å². The Morgan fingerprint density at radius 1 is 1.33 bits per heavy atom. The minimum Gasteiger partial charge on any atom is -0.377 e. The quantitative estimate of drug-likeness (QED) is 0.853. The molecule has 0 unspecified atom stereocenters. The van der Waals surface area contributed by atoms with E-state index >= 15 is 0 Å². The van der Waals surface area contributed by atoms with E-state index in [1.54, 1.807) is 0 Å². The van der Waals surface area contributed by atoms with E-state index in [1.165, 1.54) is 5.69 Å². The largest absolute Gasteiger partial charge is 0.377 e. The van der Waals surface area contributed by atoms with E-state index in [0.717, 1.165) is 37.4 Å². The first-order valence-electron chi connectivity index (χ1n) is 6.53. The van der Waals surface area contributed by atoms with Gasteiger partial charge >= 0.3 is 0 Å². The van der Waals surface area contributed by atoms with Crippen LogP contribution < -0.4 is 5.32 Å². The summed E-state index contributed by atoms with van der Waals surface area (Å²) in [6.45, 7) is 8.94. The summed E-state index contributed by atoms with van der Waals surface area (Å²) in [7, 11) is 0. The molecule has 0 aliphatic rings. The van der Waals surface area contributed by atoms with Crippen molar-refractivity contribution in [2.24, 2.45) is 0 Å². The van der Waals surface area contributed by atoms with Crippen molar-refractivity contribution < 1.29 is 0 Å². The second-order valence-electron chi connectivity index (χ2n) is 4.38. The van der Waals surface area contributed by atoms with Gasteiger partial charge in [0.05, 0.1) is 23.6 Å². The number of nitrogens with zero attached hydrogens (tertiary/aromatic N) is 4. The summed E-state index contributed by atoms with van der Waals surface area (Å²) in [5.74, 6) is 0. The number of hydrogen-bond acceptors (Lipinski definition) is 3. The monoisotopic (exact) mass is 247 g/mol. The smallest absolute Gasteiger partial charge is 0.0825 e. The zero-order chi connectivity index (χ0) is 13.0. The summed E-state index contributed by atoms with van der Waals surface area (Å²) in [6.07, 6.45) is 5.02. The molecule has 0 radical (unpaired) electrons. The molecule has 0 aliphatic heterocycles. The highest BCUT2D eigenvalue weighted by atomic mass is 15.3. The molecule has 0 atom stereocenters. The third-order valence-corrected chi connectivity index (χ3v) is 2.96. The molecule has 0 amide bonds. The summed E-state index contributed by atoms with van der Waals surface area (Å²) in [6, 6.07) is 2.04. The third kappa shape index (κ3) is 2.72. The summed E-state index contributed by atoms with van der Waals surface area (Å²) in [5, 5.41) is 12.2. The van der Waals surface area contributed by atoms with E-state index in [2.05, 4.69) is 35.6 Å². The molecular formula is C13H21N5. The summed E-state index contributed by atoms with van der Waals surface area (Å²) in [4.78, 5) is 0.